The molecule has 1 aliphatic rings. The Bertz CT molecular complexity index is 600. The molecule has 0 aliphatic heterocycles. The van der Waals surface area contributed by atoms with Crippen LogP contribution >= 0.6 is 0 Å². The van der Waals surface area contributed by atoms with Gasteiger partial charge in [0.15, 0.2) is 0 Å². The van der Waals surface area contributed by atoms with Crippen LogP contribution in [0.1, 0.15) is 48.9 Å². The lowest BCUT2D eigenvalue weighted by atomic mass is 10.1. The molecule has 1 amide bonds. The molecule has 0 atom stereocenters. The van der Waals surface area contributed by atoms with E-state index in [0.717, 1.165) is 12.8 Å². The number of benzene rings is 1. The van der Waals surface area contributed by atoms with Gasteiger partial charge < -0.3 is 4.90 Å². The predicted molar refractivity (Wildman–Crippen MR) is 75.4 cm³/mol. The molecule has 106 valence electrons. The van der Waals surface area contributed by atoms with E-state index < -0.39 is 0 Å². The van der Waals surface area contributed by atoms with E-state index in [1.54, 1.807) is 18.2 Å². The van der Waals surface area contributed by atoms with E-state index in [2.05, 4.69) is 14.9 Å². The zero-order chi connectivity index (χ0) is 13.9. The highest BCUT2D eigenvalue weighted by Gasteiger charge is 2.22. The Kier molecular flexibility index (Phi) is 3.67. The van der Waals surface area contributed by atoms with Crippen molar-refractivity contribution in [3.8, 4) is 0 Å². The molecular weight excluding hydrogens is 254 g/mol. The minimum atomic E-state index is 0.0572. The van der Waals surface area contributed by atoms with E-state index in [-0.39, 0.29) is 5.91 Å². The van der Waals surface area contributed by atoms with Crippen LogP contribution in [0.5, 0.6) is 0 Å². The first-order valence-corrected chi connectivity index (χ1v) is 7.25. The first-order valence-electron chi connectivity index (χ1n) is 7.25. The molecule has 1 aromatic carbocycles. The number of amides is 1. The van der Waals surface area contributed by atoms with Gasteiger partial charge in [0.1, 0.15) is 11.0 Å². The molecule has 1 aliphatic carbocycles. The Balaban J connectivity index is 1.79. The summed E-state index contributed by atoms with van der Waals surface area (Å²) in [6.45, 7) is 0. The molecule has 5 heteroatoms. The van der Waals surface area contributed by atoms with Crippen LogP contribution in [0.2, 0.25) is 0 Å². The van der Waals surface area contributed by atoms with Crippen molar-refractivity contribution < 1.29 is 9.42 Å². The van der Waals surface area contributed by atoms with Gasteiger partial charge >= 0.3 is 0 Å². The van der Waals surface area contributed by atoms with Gasteiger partial charge in [-0.05, 0) is 41.4 Å². The van der Waals surface area contributed by atoms with Gasteiger partial charge in [-0.3, -0.25) is 4.79 Å². The Morgan fingerprint density at radius 1 is 1.15 bits per heavy atom. The molecule has 5 nitrogen and oxygen atoms in total. The van der Waals surface area contributed by atoms with Crippen LogP contribution in [0, 0.1) is 0 Å². The van der Waals surface area contributed by atoms with Gasteiger partial charge in [-0.1, -0.05) is 25.7 Å². The molecule has 0 N–H and O–H groups in total. The second-order valence-corrected chi connectivity index (χ2v) is 5.53. The number of nitrogens with zero attached hydrogens (tertiary/aromatic N) is 3. The SMILES string of the molecule is CN(C(=O)c1ccc2nonc2c1)C1CCCCCC1. The number of hydrogen-bond acceptors (Lipinski definition) is 4. The highest BCUT2D eigenvalue weighted by molar-refractivity contribution is 5.97. The summed E-state index contributed by atoms with van der Waals surface area (Å²) in [7, 11) is 1.91. The smallest absolute Gasteiger partial charge is 0.253 e. The third-order valence-corrected chi connectivity index (χ3v) is 4.19. The lowest BCUT2D eigenvalue weighted by molar-refractivity contribution is 0.0718. The van der Waals surface area contributed by atoms with Crippen LogP contribution in [0.25, 0.3) is 11.0 Å². The van der Waals surface area contributed by atoms with E-state index in [1.807, 2.05) is 11.9 Å². The first-order chi connectivity index (χ1) is 9.75. The topological polar surface area (TPSA) is 59.2 Å². The van der Waals surface area contributed by atoms with Crippen molar-refractivity contribution in [2.24, 2.45) is 0 Å². The van der Waals surface area contributed by atoms with Crippen LogP contribution in [-0.4, -0.2) is 34.2 Å². The van der Waals surface area contributed by atoms with Crippen molar-refractivity contribution in [1.29, 1.82) is 0 Å². The number of aromatic nitrogens is 2. The van der Waals surface area contributed by atoms with Gasteiger partial charge in [-0.25, -0.2) is 4.63 Å². The maximum absolute atomic E-state index is 12.6. The van der Waals surface area contributed by atoms with E-state index in [4.69, 9.17) is 0 Å². The van der Waals surface area contributed by atoms with Crippen molar-refractivity contribution in [1.82, 2.24) is 15.2 Å². The highest BCUT2D eigenvalue weighted by atomic mass is 16.6. The van der Waals surface area contributed by atoms with Gasteiger partial charge in [0, 0.05) is 18.7 Å². The maximum atomic E-state index is 12.6. The molecule has 0 saturated heterocycles. The summed E-state index contributed by atoms with van der Waals surface area (Å²) in [6.07, 6.45) is 7.22. The normalized spacial score (nSPS) is 17.1. The summed E-state index contributed by atoms with van der Waals surface area (Å²) < 4.78 is 4.67. The lowest BCUT2D eigenvalue weighted by Crippen LogP contribution is -2.36. The molecule has 1 aromatic heterocycles. The van der Waals surface area contributed by atoms with Gasteiger partial charge in [0.25, 0.3) is 5.91 Å². The van der Waals surface area contributed by atoms with Crippen LogP contribution < -0.4 is 0 Å². The number of carbonyl (C=O) groups excluding carboxylic acids is 1. The van der Waals surface area contributed by atoms with Crippen molar-refractivity contribution in [3.63, 3.8) is 0 Å². The van der Waals surface area contributed by atoms with E-state index >= 15 is 0 Å². The fourth-order valence-corrected chi connectivity index (χ4v) is 2.93. The van der Waals surface area contributed by atoms with Gasteiger partial charge in [-0.15, -0.1) is 0 Å². The fourth-order valence-electron chi connectivity index (χ4n) is 2.93. The molecule has 20 heavy (non-hydrogen) atoms. The number of carbonyl (C=O) groups is 1. The minimum absolute atomic E-state index is 0.0572. The van der Waals surface area contributed by atoms with E-state index in [0.29, 0.717) is 22.6 Å². The van der Waals surface area contributed by atoms with Crippen molar-refractivity contribution in [3.05, 3.63) is 23.8 Å². The molecule has 3 rings (SSSR count). The minimum Gasteiger partial charge on any atom is -0.339 e. The highest BCUT2D eigenvalue weighted by Crippen LogP contribution is 2.23. The largest absolute Gasteiger partial charge is 0.339 e. The second-order valence-electron chi connectivity index (χ2n) is 5.53. The summed E-state index contributed by atoms with van der Waals surface area (Å²) in [5.41, 5.74) is 1.96. The van der Waals surface area contributed by atoms with E-state index in [9.17, 15) is 4.79 Å². The van der Waals surface area contributed by atoms with Crippen molar-refractivity contribution in [2.45, 2.75) is 44.6 Å². The molecule has 0 bridgehead atoms. The zero-order valence-electron chi connectivity index (χ0n) is 11.7. The Morgan fingerprint density at radius 2 is 1.85 bits per heavy atom. The number of fused-ring (bicyclic) bond motifs is 1. The molecule has 1 saturated carbocycles. The summed E-state index contributed by atoms with van der Waals surface area (Å²) in [4.78, 5) is 14.5. The number of hydrogen-bond donors (Lipinski definition) is 0. The first kappa shape index (κ1) is 13.1. The lowest BCUT2D eigenvalue weighted by Gasteiger charge is -2.27. The van der Waals surface area contributed by atoms with E-state index in [1.165, 1.54) is 25.7 Å². The van der Waals surface area contributed by atoms with Crippen LogP contribution in [0.3, 0.4) is 0 Å². The second kappa shape index (κ2) is 5.61. The Morgan fingerprint density at radius 3 is 2.60 bits per heavy atom. The molecule has 0 unspecified atom stereocenters. The van der Waals surface area contributed by atoms with Crippen LogP contribution in [0.4, 0.5) is 0 Å². The van der Waals surface area contributed by atoms with Crippen LogP contribution in [-0.2, 0) is 0 Å². The molecule has 1 heterocycles. The molecular formula is C15H19N3O2. The monoisotopic (exact) mass is 273 g/mol. The standard InChI is InChI=1S/C15H19N3O2/c1-18(12-6-4-2-3-5-7-12)15(19)11-8-9-13-14(10-11)17-20-16-13/h8-10,12H,2-7H2,1H3. The number of rotatable bonds is 2. The third kappa shape index (κ3) is 2.53. The summed E-state index contributed by atoms with van der Waals surface area (Å²) >= 11 is 0. The van der Waals surface area contributed by atoms with Gasteiger partial charge in [-0.2, -0.15) is 0 Å². The van der Waals surface area contributed by atoms with Crippen molar-refractivity contribution in [2.75, 3.05) is 7.05 Å². The summed E-state index contributed by atoms with van der Waals surface area (Å²) in [6, 6.07) is 5.68. The van der Waals surface area contributed by atoms with Gasteiger partial charge in [0.2, 0.25) is 0 Å². The third-order valence-electron chi connectivity index (χ3n) is 4.19. The molecule has 2 aromatic rings. The average Bonchev–Trinajstić information content (AvgIpc) is 2.77. The molecule has 0 radical (unpaired) electrons. The summed E-state index contributed by atoms with van der Waals surface area (Å²) in [5, 5.41) is 7.55. The zero-order valence-corrected chi connectivity index (χ0v) is 11.7. The molecule has 0 spiro atoms. The maximum Gasteiger partial charge on any atom is 0.253 e. The quantitative estimate of drug-likeness (QED) is 0.789. The van der Waals surface area contributed by atoms with Crippen LogP contribution in [0.15, 0.2) is 22.8 Å². The molecule has 1 fully saturated rings. The average molecular weight is 273 g/mol. The Labute approximate surface area is 117 Å². The summed E-state index contributed by atoms with van der Waals surface area (Å²) in [5.74, 6) is 0.0572. The fraction of sp³-hybridized carbons (Fsp3) is 0.533. The predicted octanol–water partition coefficient (Wildman–Crippen LogP) is 3.02. The Hall–Kier alpha value is -1.91. The van der Waals surface area contributed by atoms with Crippen molar-refractivity contribution >= 4 is 16.9 Å². The van der Waals surface area contributed by atoms with Gasteiger partial charge in [0.05, 0.1) is 0 Å².